The van der Waals surface area contributed by atoms with Crippen LogP contribution in [0, 0.1) is 5.92 Å². The van der Waals surface area contributed by atoms with Crippen LogP contribution in [0.3, 0.4) is 0 Å². The minimum absolute atomic E-state index is 0.146. The number of alkyl carbamates (subject to hydrolysis) is 1. The molecule has 3 heterocycles. The normalized spacial score (nSPS) is 16.2. The van der Waals surface area contributed by atoms with E-state index in [0.29, 0.717) is 30.8 Å². The van der Waals surface area contributed by atoms with Crippen LogP contribution in [0.15, 0.2) is 79.2 Å². The van der Waals surface area contributed by atoms with E-state index in [1.807, 2.05) is 67.8 Å². The van der Waals surface area contributed by atoms with Crippen molar-refractivity contribution in [2.24, 2.45) is 5.92 Å². The van der Waals surface area contributed by atoms with Crippen LogP contribution < -0.4 is 10.6 Å². The van der Waals surface area contributed by atoms with Crippen molar-refractivity contribution >= 4 is 40.0 Å². The summed E-state index contributed by atoms with van der Waals surface area (Å²) >= 11 is 1.53. The zero-order valence-electron chi connectivity index (χ0n) is 23.0. The molecule has 2 aromatic heterocycles. The monoisotopic (exact) mass is 561 g/mol. The largest absolute Gasteiger partial charge is 0.449 e. The summed E-state index contributed by atoms with van der Waals surface area (Å²) in [7, 11) is 0. The highest BCUT2D eigenvalue weighted by Crippen LogP contribution is 2.29. The molecule has 40 heavy (non-hydrogen) atoms. The van der Waals surface area contributed by atoms with E-state index in [9.17, 15) is 14.4 Å². The maximum atomic E-state index is 13.7. The minimum atomic E-state index is -1.07. The summed E-state index contributed by atoms with van der Waals surface area (Å²) < 4.78 is 7.12. The van der Waals surface area contributed by atoms with Crippen LogP contribution in [0.4, 0.5) is 10.6 Å². The minimum Gasteiger partial charge on any atom is -0.449 e. The fourth-order valence-corrected chi connectivity index (χ4v) is 5.34. The van der Waals surface area contributed by atoms with Gasteiger partial charge in [-0.25, -0.2) is 9.78 Å². The van der Waals surface area contributed by atoms with E-state index in [2.05, 4.69) is 22.2 Å². The number of thiazole rings is 1. The molecule has 2 atom stereocenters. The van der Waals surface area contributed by atoms with E-state index in [0.717, 1.165) is 15.4 Å². The predicted octanol–water partition coefficient (Wildman–Crippen LogP) is 5.43. The number of hydrogen-bond donors (Lipinski definition) is 2. The van der Waals surface area contributed by atoms with E-state index < -0.39 is 24.1 Å². The molecule has 210 valence electrons. The summed E-state index contributed by atoms with van der Waals surface area (Å²) in [5, 5.41) is 5.52. The number of fused-ring (bicyclic) bond motifs is 1. The van der Waals surface area contributed by atoms with Crippen LogP contribution >= 0.6 is 11.3 Å². The number of carbonyl (C=O) groups is 3. The van der Waals surface area contributed by atoms with Gasteiger partial charge in [0.1, 0.15) is 12.1 Å². The molecule has 1 saturated heterocycles. The van der Waals surface area contributed by atoms with Crippen LogP contribution in [0.1, 0.15) is 33.6 Å². The molecule has 1 aromatic carbocycles. The number of benzene rings is 1. The third kappa shape index (κ3) is 7.06. The molecule has 0 bridgehead atoms. The molecule has 0 radical (unpaired) electrons. The summed E-state index contributed by atoms with van der Waals surface area (Å²) in [4.78, 5) is 47.3. The highest BCUT2D eigenvalue weighted by Gasteiger charge is 2.38. The number of aromatic nitrogens is 2. The first-order valence-electron chi connectivity index (χ1n) is 13.3. The second-order valence-corrected chi connectivity index (χ2v) is 11.0. The van der Waals surface area contributed by atoms with Crippen molar-refractivity contribution in [3.8, 4) is 10.4 Å². The van der Waals surface area contributed by atoms with Gasteiger partial charge in [-0.3, -0.25) is 14.0 Å². The van der Waals surface area contributed by atoms with Crippen molar-refractivity contribution in [3.05, 3.63) is 79.2 Å². The van der Waals surface area contributed by atoms with Crippen LogP contribution in [-0.4, -0.2) is 57.4 Å². The topological polar surface area (TPSA) is 105 Å². The number of carbonyl (C=O) groups excluding carboxylic acids is 3. The number of nitrogens with zero attached hydrogens (tertiary/aromatic N) is 3. The first-order chi connectivity index (χ1) is 19.3. The zero-order chi connectivity index (χ0) is 28.6. The van der Waals surface area contributed by atoms with Crippen LogP contribution in [0.2, 0.25) is 0 Å². The molecular weight excluding hydrogens is 526 g/mol. The van der Waals surface area contributed by atoms with Crippen molar-refractivity contribution in [1.82, 2.24) is 19.6 Å². The first-order valence-corrected chi connectivity index (χ1v) is 14.1. The molecule has 1 fully saturated rings. The molecule has 9 nitrogen and oxygen atoms in total. The highest BCUT2D eigenvalue weighted by molar-refractivity contribution is 7.20. The maximum absolute atomic E-state index is 13.7. The molecule has 2 N–H and O–H groups in total. The van der Waals surface area contributed by atoms with Crippen LogP contribution in [0.25, 0.3) is 15.4 Å². The lowest BCUT2D eigenvalue weighted by Crippen LogP contribution is -2.53. The first kappa shape index (κ1) is 28.8. The summed E-state index contributed by atoms with van der Waals surface area (Å²) in [6, 6.07) is 8.26. The molecule has 1 aliphatic rings. The quantitative estimate of drug-likeness (QED) is 0.321. The number of hydrogen-bond acceptors (Lipinski definition) is 6. The zero-order valence-corrected chi connectivity index (χ0v) is 23.8. The Morgan fingerprint density at radius 3 is 2.67 bits per heavy atom. The van der Waals surface area contributed by atoms with Gasteiger partial charge in [0.25, 0.3) is 5.91 Å². The number of imidazole rings is 1. The van der Waals surface area contributed by atoms with Crippen molar-refractivity contribution in [2.45, 2.75) is 45.7 Å². The Balaban J connectivity index is 1.46. The lowest BCUT2D eigenvalue weighted by Gasteiger charge is -2.28. The number of ether oxygens (including phenoxy) is 1. The van der Waals surface area contributed by atoms with Gasteiger partial charge < -0.3 is 20.3 Å². The molecule has 3 amide bonds. The highest BCUT2D eigenvalue weighted by atomic mass is 32.1. The number of likely N-dealkylation sites (tertiary alicyclic amines) is 1. The number of rotatable bonds is 10. The summed E-state index contributed by atoms with van der Waals surface area (Å²) in [6.07, 6.45) is 11.2. The fraction of sp³-hybridized carbons (Fsp3) is 0.333. The standard InChI is InChI=1S/C30H35N5O4S/c1-5-6-8-12-21(4)26(33-30(38)39-19-20(2)3)28(37)35-16-11-15-23(35)27(36)31-25-18-34-17-24(40-29(34)32-25)22-13-9-7-10-14-22/h5-10,12-14,17-18,20,23,26H,4,11,15-16,19H2,1-3H3,(H,31,36)(H,33,38)/b6-5-,12-8-/t23-,26+/m0/s1. The van der Waals surface area contributed by atoms with Crippen molar-refractivity contribution in [3.63, 3.8) is 0 Å². The average Bonchev–Trinajstić information content (AvgIpc) is 3.66. The van der Waals surface area contributed by atoms with Gasteiger partial charge in [-0.2, -0.15) is 0 Å². The Hall–Kier alpha value is -4.18. The third-order valence-corrected chi connectivity index (χ3v) is 7.39. The van der Waals surface area contributed by atoms with Crippen LogP contribution in [0.5, 0.6) is 0 Å². The molecule has 0 spiro atoms. The molecule has 0 saturated carbocycles. The van der Waals surface area contributed by atoms with Gasteiger partial charge in [-0.05, 0) is 36.8 Å². The van der Waals surface area contributed by atoms with Crippen molar-refractivity contribution in [1.29, 1.82) is 0 Å². The summed E-state index contributed by atoms with van der Waals surface area (Å²) in [5.74, 6) is -0.169. The van der Waals surface area contributed by atoms with Gasteiger partial charge in [-0.1, -0.05) is 86.4 Å². The smallest absolute Gasteiger partial charge is 0.408 e. The Bertz CT molecular complexity index is 1390. The lowest BCUT2D eigenvalue weighted by atomic mass is 10.1. The Morgan fingerprint density at radius 2 is 1.98 bits per heavy atom. The van der Waals surface area contributed by atoms with Gasteiger partial charge in [0, 0.05) is 12.7 Å². The molecule has 1 aliphatic heterocycles. The second kappa shape index (κ2) is 13.3. The molecule has 0 aliphatic carbocycles. The average molecular weight is 562 g/mol. The maximum Gasteiger partial charge on any atom is 0.408 e. The van der Waals surface area contributed by atoms with E-state index >= 15 is 0 Å². The molecule has 3 aromatic rings. The van der Waals surface area contributed by atoms with Gasteiger partial charge in [0.2, 0.25) is 5.91 Å². The SMILES string of the molecule is C=C(/C=C\C=C/C)[C@@H](NC(=O)OCC(C)C)C(=O)N1CCC[C@H]1C(=O)Nc1cn2cc(-c3ccccc3)sc2n1. The molecular formula is C30H35N5O4S. The van der Waals surface area contributed by atoms with E-state index in [1.54, 1.807) is 24.4 Å². The Labute approximate surface area is 238 Å². The number of amides is 3. The van der Waals surface area contributed by atoms with Gasteiger partial charge in [0.15, 0.2) is 10.8 Å². The Kier molecular flexibility index (Phi) is 9.55. The molecule has 10 heteroatoms. The Morgan fingerprint density at radius 1 is 1.20 bits per heavy atom. The lowest BCUT2D eigenvalue weighted by molar-refractivity contribution is -0.137. The molecule has 0 unspecified atom stereocenters. The third-order valence-electron chi connectivity index (χ3n) is 6.35. The van der Waals surface area contributed by atoms with E-state index in [1.165, 1.54) is 16.2 Å². The van der Waals surface area contributed by atoms with Crippen molar-refractivity contribution in [2.75, 3.05) is 18.5 Å². The number of allylic oxidation sites excluding steroid dienone is 3. The second-order valence-electron chi connectivity index (χ2n) is 9.99. The number of nitrogens with one attached hydrogen (secondary N) is 2. The summed E-state index contributed by atoms with van der Waals surface area (Å²) in [6.45, 7) is 10.3. The number of anilines is 1. The molecule has 4 rings (SSSR count). The predicted molar refractivity (Wildman–Crippen MR) is 158 cm³/mol. The van der Waals surface area contributed by atoms with Crippen molar-refractivity contribution < 1.29 is 19.1 Å². The fourth-order valence-electron chi connectivity index (χ4n) is 4.37. The van der Waals surface area contributed by atoms with Gasteiger partial charge >= 0.3 is 6.09 Å². The van der Waals surface area contributed by atoms with Crippen LogP contribution in [-0.2, 0) is 14.3 Å². The summed E-state index contributed by atoms with van der Waals surface area (Å²) in [5.41, 5.74) is 1.49. The van der Waals surface area contributed by atoms with E-state index in [-0.39, 0.29) is 18.4 Å². The van der Waals surface area contributed by atoms with Gasteiger partial charge in [0.05, 0.1) is 17.7 Å². The van der Waals surface area contributed by atoms with E-state index in [4.69, 9.17) is 4.74 Å². The van der Waals surface area contributed by atoms with Gasteiger partial charge in [-0.15, -0.1) is 0 Å².